The summed E-state index contributed by atoms with van der Waals surface area (Å²) in [5.41, 5.74) is 3.82. The maximum atomic E-state index is 11.4. The van der Waals surface area contributed by atoms with Gasteiger partial charge in [0.2, 0.25) is 5.91 Å². The third-order valence-electron chi connectivity index (χ3n) is 2.63. The zero-order valence-electron chi connectivity index (χ0n) is 10.5. The van der Waals surface area contributed by atoms with E-state index in [0.717, 1.165) is 22.4 Å². The van der Waals surface area contributed by atoms with Crippen LogP contribution in [0, 0.1) is 6.92 Å². The van der Waals surface area contributed by atoms with Gasteiger partial charge in [-0.2, -0.15) is 5.10 Å². The molecule has 0 aliphatic heterocycles. The van der Waals surface area contributed by atoms with E-state index in [9.17, 15) is 4.79 Å². The SMILES string of the molecule is C=CC(=O)Nc1ccc(C)cc1-c1cnn(C)c1. The minimum atomic E-state index is -0.219. The number of amides is 1. The van der Waals surface area contributed by atoms with Crippen molar-refractivity contribution in [1.82, 2.24) is 9.78 Å². The molecule has 0 radical (unpaired) electrons. The quantitative estimate of drug-likeness (QED) is 0.839. The topological polar surface area (TPSA) is 46.9 Å². The van der Waals surface area contributed by atoms with Gasteiger partial charge in [0.1, 0.15) is 0 Å². The lowest BCUT2D eigenvalue weighted by atomic mass is 10.0. The maximum Gasteiger partial charge on any atom is 0.247 e. The number of anilines is 1. The molecule has 2 aromatic rings. The molecule has 0 atom stereocenters. The maximum absolute atomic E-state index is 11.4. The second kappa shape index (κ2) is 4.87. The summed E-state index contributed by atoms with van der Waals surface area (Å²) in [5.74, 6) is -0.219. The molecular weight excluding hydrogens is 226 g/mol. The molecular formula is C14H15N3O. The summed E-state index contributed by atoms with van der Waals surface area (Å²) in [5, 5.41) is 6.95. The largest absolute Gasteiger partial charge is 0.322 e. The summed E-state index contributed by atoms with van der Waals surface area (Å²) < 4.78 is 1.73. The lowest BCUT2D eigenvalue weighted by Gasteiger charge is -2.09. The highest BCUT2D eigenvalue weighted by molar-refractivity contribution is 6.01. The molecule has 0 saturated heterocycles. The molecule has 18 heavy (non-hydrogen) atoms. The molecule has 0 saturated carbocycles. The standard InChI is InChI=1S/C14H15N3O/c1-4-14(18)16-13-6-5-10(2)7-12(13)11-8-15-17(3)9-11/h4-9H,1H2,2-3H3,(H,16,18). The first-order valence-corrected chi connectivity index (χ1v) is 5.63. The van der Waals surface area contributed by atoms with Gasteiger partial charge in [0.05, 0.1) is 6.20 Å². The van der Waals surface area contributed by atoms with Crippen molar-refractivity contribution in [2.75, 3.05) is 5.32 Å². The fourth-order valence-corrected chi connectivity index (χ4v) is 1.75. The lowest BCUT2D eigenvalue weighted by Crippen LogP contribution is -2.08. The molecule has 0 fully saturated rings. The molecule has 0 aliphatic rings. The number of nitrogens with one attached hydrogen (secondary N) is 1. The molecule has 0 bridgehead atoms. The third kappa shape index (κ3) is 2.48. The Morgan fingerprint density at radius 2 is 2.28 bits per heavy atom. The number of hydrogen-bond donors (Lipinski definition) is 1. The van der Waals surface area contributed by atoms with Crippen molar-refractivity contribution >= 4 is 11.6 Å². The number of hydrogen-bond acceptors (Lipinski definition) is 2. The molecule has 0 spiro atoms. The normalized spacial score (nSPS) is 10.1. The Kier molecular flexibility index (Phi) is 3.28. The van der Waals surface area contributed by atoms with E-state index in [-0.39, 0.29) is 5.91 Å². The first-order valence-electron chi connectivity index (χ1n) is 5.63. The van der Waals surface area contributed by atoms with E-state index in [0.29, 0.717) is 0 Å². The number of carbonyl (C=O) groups is 1. The number of aromatic nitrogens is 2. The molecule has 1 heterocycles. The molecule has 1 N–H and O–H groups in total. The fraction of sp³-hybridized carbons (Fsp3) is 0.143. The van der Waals surface area contributed by atoms with Gasteiger partial charge < -0.3 is 5.32 Å². The van der Waals surface area contributed by atoms with Crippen LogP contribution in [-0.2, 0) is 11.8 Å². The van der Waals surface area contributed by atoms with Crippen LogP contribution in [0.15, 0.2) is 43.2 Å². The number of benzene rings is 1. The molecule has 4 heteroatoms. The van der Waals surface area contributed by atoms with Crippen molar-refractivity contribution in [3.05, 3.63) is 48.8 Å². The minimum Gasteiger partial charge on any atom is -0.322 e. The Morgan fingerprint density at radius 1 is 1.50 bits per heavy atom. The van der Waals surface area contributed by atoms with Crippen molar-refractivity contribution in [3.63, 3.8) is 0 Å². The van der Waals surface area contributed by atoms with E-state index in [1.165, 1.54) is 6.08 Å². The van der Waals surface area contributed by atoms with E-state index in [1.807, 2.05) is 38.4 Å². The number of carbonyl (C=O) groups excluding carboxylic acids is 1. The van der Waals surface area contributed by atoms with Gasteiger partial charge >= 0.3 is 0 Å². The first-order chi connectivity index (χ1) is 8.60. The van der Waals surface area contributed by atoms with E-state index >= 15 is 0 Å². The lowest BCUT2D eigenvalue weighted by molar-refractivity contribution is -0.111. The summed E-state index contributed by atoms with van der Waals surface area (Å²) in [6.45, 7) is 5.47. The molecule has 1 amide bonds. The van der Waals surface area contributed by atoms with E-state index < -0.39 is 0 Å². The predicted octanol–water partition coefficient (Wildman–Crippen LogP) is 2.52. The van der Waals surface area contributed by atoms with Crippen molar-refractivity contribution < 1.29 is 4.79 Å². The third-order valence-corrected chi connectivity index (χ3v) is 2.63. The second-order valence-corrected chi connectivity index (χ2v) is 4.15. The molecule has 1 aromatic heterocycles. The van der Waals surface area contributed by atoms with Crippen LogP contribution in [0.2, 0.25) is 0 Å². The highest BCUT2D eigenvalue weighted by Gasteiger charge is 2.08. The fourth-order valence-electron chi connectivity index (χ4n) is 1.75. The zero-order valence-corrected chi connectivity index (χ0v) is 10.5. The monoisotopic (exact) mass is 241 g/mol. The average Bonchev–Trinajstić information content (AvgIpc) is 2.78. The average molecular weight is 241 g/mol. The minimum absolute atomic E-state index is 0.219. The van der Waals surface area contributed by atoms with Gasteiger partial charge in [0.15, 0.2) is 0 Å². The summed E-state index contributed by atoms with van der Waals surface area (Å²) in [4.78, 5) is 11.4. The van der Waals surface area contributed by atoms with Gasteiger partial charge in [-0.3, -0.25) is 9.48 Å². The van der Waals surface area contributed by atoms with Gasteiger partial charge in [-0.05, 0) is 25.1 Å². The smallest absolute Gasteiger partial charge is 0.247 e. The molecule has 1 aromatic carbocycles. The van der Waals surface area contributed by atoms with Gasteiger partial charge in [0.25, 0.3) is 0 Å². The zero-order chi connectivity index (χ0) is 13.1. The highest BCUT2D eigenvalue weighted by Crippen LogP contribution is 2.28. The van der Waals surface area contributed by atoms with Crippen molar-refractivity contribution in [3.8, 4) is 11.1 Å². The molecule has 4 nitrogen and oxygen atoms in total. The number of rotatable bonds is 3. The van der Waals surface area contributed by atoms with Gasteiger partial charge in [0, 0.05) is 30.1 Å². The summed E-state index contributed by atoms with van der Waals surface area (Å²) in [6.07, 6.45) is 4.95. The van der Waals surface area contributed by atoms with Crippen LogP contribution in [0.4, 0.5) is 5.69 Å². The molecule has 92 valence electrons. The Bertz CT molecular complexity index is 599. The number of aryl methyl sites for hydroxylation is 2. The molecule has 0 aliphatic carbocycles. The predicted molar refractivity (Wildman–Crippen MR) is 72.2 cm³/mol. The second-order valence-electron chi connectivity index (χ2n) is 4.15. The summed E-state index contributed by atoms with van der Waals surface area (Å²) in [6, 6.07) is 5.87. The van der Waals surface area contributed by atoms with Crippen LogP contribution in [-0.4, -0.2) is 15.7 Å². The van der Waals surface area contributed by atoms with Gasteiger partial charge in [-0.15, -0.1) is 0 Å². The molecule has 0 unspecified atom stereocenters. The van der Waals surface area contributed by atoms with Crippen LogP contribution < -0.4 is 5.32 Å². The number of nitrogens with zero attached hydrogens (tertiary/aromatic N) is 2. The van der Waals surface area contributed by atoms with Crippen molar-refractivity contribution in [1.29, 1.82) is 0 Å². The van der Waals surface area contributed by atoms with E-state index in [4.69, 9.17) is 0 Å². The van der Waals surface area contributed by atoms with Crippen LogP contribution in [0.25, 0.3) is 11.1 Å². The molecule has 2 rings (SSSR count). The van der Waals surface area contributed by atoms with Crippen LogP contribution in [0.5, 0.6) is 0 Å². The van der Waals surface area contributed by atoms with Crippen LogP contribution in [0.3, 0.4) is 0 Å². The summed E-state index contributed by atoms with van der Waals surface area (Å²) >= 11 is 0. The first kappa shape index (κ1) is 12.1. The van der Waals surface area contributed by atoms with Crippen molar-refractivity contribution in [2.24, 2.45) is 7.05 Å². The van der Waals surface area contributed by atoms with Crippen LogP contribution >= 0.6 is 0 Å². The van der Waals surface area contributed by atoms with Crippen LogP contribution in [0.1, 0.15) is 5.56 Å². The van der Waals surface area contributed by atoms with Gasteiger partial charge in [-0.25, -0.2) is 0 Å². The van der Waals surface area contributed by atoms with E-state index in [2.05, 4.69) is 17.0 Å². The van der Waals surface area contributed by atoms with E-state index in [1.54, 1.807) is 10.9 Å². The van der Waals surface area contributed by atoms with Crippen molar-refractivity contribution in [2.45, 2.75) is 6.92 Å². The van der Waals surface area contributed by atoms with Gasteiger partial charge in [-0.1, -0.05) is 18.2 Å². The summed E-state index contributed by atoms with van der Waals surface area (Å²) in [7, 11) is 1.86. The highest BCUT2D eigenvalue weighted by atomic mass is 16.1. The Morgan fingerprint density at radius 3 is 2.89 bits per heavy atom. The Labute approximate surface area is 106 Å². The Hall–Kier alpha value is -2.36. The Balaban J connectivity index is 2.47.